The SMILES string of the molecule is CC(C)C[C@H](NC(=O)OC(C)(C)C)[C@H](CCC(=O)N[C@@H](Cc1ccccc1)[C@H](O)[C@@H](O)[C@H](Cc1ccccc1)NC(=O)CC[C@H](O[Si](C)(C)C(C)(C)C)[C@H](CC(C)C)NC(=O)OC(C)(C)C)O[Si](C)(C)C(C)(C)C. The fraction of sp³-hybridized carbons (Fsp3) is 0.724. The Morgan fingerprint density at radius 2 is 0.784 bits per heavy atom. The van der Waals surface area contributed by atoms with Crippen molar-refractivity contribution in [2.75, 3.05) is 0 Å². The molecule has 0 unspecified atom stereocenters. The van der Waals surface area contributed by atoms with Crippen LogP contribution in [0.2, 0.25) is 36.3 Å². The van der Waals surface area contributed by atoms with Crippen molar-refractivity contribution in [3.05, 3.63) is 71.8 Å². The number of carbonyl (C=O) groups excluding carboxylic acids is 4. The van der Waals surface area contributed by atoms with Crippen molar-refractivity contribution < 1.29 is 47.7 Å². The monoisotopic (exact) mass is 1070 g/mol. The highest BCUT2D eigenvalue weighted by atomic mass is 28.4. The number of rotatable bonds is 27. The van der Waals surface area contributed by atoms with Crippen molar-refractivity contribution >= 4 is 40.6 Å². The maximum absolute atomic E-state index is 14.3. The van der Waals surface area contributed by atoms with Crippen LogP contribution in [-0.2, 0) is 40.8 Å². The summed E-state index contributed by atoms with van der Waals surface area (Å²) in [5.41, 5.74) is 0.223. The lowest BCUT2D eigenvalue weighted by Crippen LogP contribution is -2.57. The van der Waals surface area contributed by atoms with Crippen LogP contribution < -0.4 is 21.3 Å². The van der Waals surface area contributed by atoms with Crippen molar-refractivity contribution in [2.45, 2.75) is 258 Å². The first-order valence-corrected chi connectivity index (χ1v) is 33.0. The topological polar surface area (TPSA) is 194 Å². The minimum Gasteiger partial charge on any atom is -0.444 e. The summed E-state index contributed by atoms with van der Waals surface area (Å²) >= 11 is 0. The summed E-state index contributed by atoms with van der Waals surface area (Å²) < 4.78 is 25.4. The molecule has 0 aromatic heterocycles. The van der Waals surface area contributed by atoms with Crippen molar-refractivity contribution in [2.24, 2.45) is 11.8 Å². The number of amides is 4. The highest BCUT2D eigenvalue weighted by Gasteiger charge is 2.44. The normalized spacial score (nSPS) is 16.3. The van der Waals surface area contributed by atoms with Crippen LogP contribution in [0, 0.1) is 11.8 Å². The zero-order chi connectivity index (χ0) is 56.6. The Kier molecular flexibility index (Phi) is 25.6. The molecule has 4 amide bonds. The summed E-state index contributed by atoms with van der Waals surface area (Å²) in [6, 6.07) is 16.0. The molecule has 0 fully saturated rings. The van der Waals surface area contributed by atoms with Gasteiger partial charge in [0, 0.05) is 12.8 Å². The van der Waals surface area contributed by atoms with Gasteiger partial charge >= 0.3 is 12.2 Å². The number of aliphatic hydroxyl groups excluding tert-OH is 2. The van der Waals surface area contributed by atoms with Gasteiger partial charge in [-0.05, 0) is 139 Å². The summed E-state index contributed by atoms with van der Waals surface area (Å²) in [5.74, 6) is -0.362. The first-order chi connectivity index (χ1) is 33.8. The molecular weight excluding hydrogens is 969 g/mol. The maximum atomic E-state index is 14.3. The Morgan fingerprint density at radius 3 is 1.04 bits per heavy atom. The maximum Gasteiger partial charge on any atom is 0.407 e. The van der Waals surface area contributed by atoms with Crippen molar-refractivity contribution in [1.29, 1.82) is 0 Å². The standard InChI is InChI=1S/C58H102N4O10Si2/c1-39(2)35-43(61-53(67)69-55(5,6)7)47(71-73(17,18)57(11,12)13)31-33-49(63)59-45(37-41-27-23-21-24-28-41)51(65)52(66)46(38-42-29-25-22-26-30-42)60-50(64)34-32-48(72-74(19,20)58(14,15)16)44(36-40(3)4)62-54(68)70-56(8,9)10/h21-30,39-40,43-48,51-52,65-66H,31-38H2,1-20H3,(H,59,63)(H,60,64)(H,61,67)(H,62,68)/t43-,44-,45-,46-,47-,48-,51-,52-/m0/s1. The van der Waals surface area contributed by atoms with Crippen LogP contribution in [0.25, 0.3) is 0 Å². The van der Waals surface area contributed by atoms with Crippen LogP contribution in [-0.4, -0.2) is 111 Å². The van der Waals surface area contributed by atoms with Crippen molar-refractivity contribution in [3.8, 4) is 0 Å². The minimum atomic E-state index is -2.44. The van der Waals surface area contributed by atoms with Crippen LogP contribution in [0.3, 0.4) is 0 Å². The van der Waals surface area contributed by atoms with Gasteiger partial charge in [-0.25, -0.2) is 9.59 Å². The van der Waals surface area contributed by atoms with E-state index in [0.29, 0.717) is 12.8 Å². The molecule has 0 saturated heterocycles. The van der Waals surface area contributed by atoms with E-state index in [1.54, 1.807) is 0 Å². The Hall–Kier alpha value is -3.81. The van der Waals surface area contributed by atoms with E-state index in [1.807, 2.05) is 102 Å². The summed E-state index contributed by atoms with van der Waals surface area (Å²) in [4.78, 5) is 55.2. The van der Waals surface area contributed by atoms with E-state index in [0.717, 1.165) is 11.1 Å². The van der Waals surface area contributed by atoms with Crippen LogP contribution in [0.4, 0.5) is 9.59 Å². The van der Waals surface area contributed by atoms with Gasteiger partial charge < -0.3 is 49.8 Å². The molecule has 0 radical (unpaired) electrons. The number of aliphatic hydroxyl groups is 2. The first kappa shape index (κ1) is 66.3. The molecule has 6 N–H and O–H groups in total. The molecule has 2 aromatic carbocycles. The van der Waals surface area contributed by atoms with Gasteiger partial charge in [-0.1, -0.05) is 130 Å². The van der Waals surface area contributed by atoms with Gasteiger partial charge in [0.05, 0.1) is 36.4 Å². The molecule has 0 aliphatic carbocycles. The molecular formula is C58H102N4O10Si2. The second kappa shape index (κ2) is 28.5. The molecule has 0 heterocycles. The molecule has 0 aliphatic rings. The highest BCUT2D eigenvalue weighted by Crippen LogP contribution is 2.40. The number of benzene rings is 2. The van der Waals surface area contributed by atoms with E-state index in [1.165, 1.54) is 0 Å². The zero-order valence-electron chi connectivity index (χ0n) is 49.4. The van der Waals surface area contributed by atoms with Crippen LogP contribution >= 0.6 is 0 Å². The average molecular weight is 1070 g/mol. The predicted octanol–water partition coefficient (Wildman–Crippen LogP) is 11.4. The molecule has 0 aliphatic heterocycles. The van der Waals surface area contributed by atoms with Gasteiger partial charge in [0.2, 0.25) is 11.8 Å². The molecule has 0 spiro atoms. The molecule has 2 rings (SSSR count). The number of ether oxygens (including phenoxy) is 2. The van der Waals surface area contributed by atoms with E-state index < -0.39 is 88.6 Å². The van der Waals surface area contributed by atoms with Crippen molar-refractivity contribution in [3.63, 3.8) is 0 Å². The largest absolute Gasteiger partial charge is 0.444 e. The van der Waals surface area contributed by atoms with Crippen LogP contribution in [0.15, 0.2) is 60.7 Å². The summed E-state index contributed by atoms with van der Waals surface area (Å²) in [7, 11) is -4.89. The molecule has 422 valence electrons. The third-order valence-electron chi connectivity index (χ3n) is 14.0. The van der Waals surface area contributed by atoms with Gasteiger partial charge in [-0.2, -0.15) is 0 Å². The molecule has 2 aromatic rings. The van der Waals surface area contributed by atoms with Gasteiger partial charge in [0.15, 0.2) is 16.6 Å². The Bertz CT molecular complexity index is 1870. The van der Waals surface area contributed by atoms with E-state index >= 15 is 0 Å². The minimum absolute atomic E-state index is 0.000863. The zero-order valence-corrected chi connectivity index (χ0v) is 51.4. The van der Waals surface area contributed by atoms with E-state index in [2.05, 4.69) is 117 Å². The lowest BCUT2D eigenvalue weighted by Gasteiger charge is -2.42. The lowest BCUT2D eigenvalue weighted by atomic mass is 9.90. The van der Waals surface area contributed by atoms with E-state index in [9.17, 15) is 29.4 Å². The lowest BCUT2D eigenvalue weighted by molar-refractivity contribution is -0.127. The van der Waals surface area contributed by atoms with Crippen molar-refractivity contribution in [1.82, 2.24) is 21.3 Å². The third-order valence-corrected chi connectivity index (χ3v) is 23.0. The van der Waals surface area contributed by atoms with Crippen LogP contribution in [0.5, 0.6) is 0 Å². The summed E-state index contributed by atoms with van der Waals surface area (Å²) in [5, 5.41) is 36.6. The molecule has 14 nitrogen and oxygen atoms in total. The Labute approximate surface area is 449 Å². The summed E-state index contributed by atoms with van der Waals surface area (Å²) in [6.45, 7) is 40.6. The van der Waals surface area contributed by atoms with E-state index in [4.69, 9.17) is 18.3 Å². The fourth-order valence-electron chi connectivity index (χ4n) is 8.17. The highest BCUT2D eigenvalue weighted by molar-refractivity contribution is 6.74. The first-order valence-electron chi connectivity index (χ1n) is 27.2. The van der Waals surface area contributed by atoms with Gasteiger partial charge in [-0.15, -0.1) is 0 Å². The fourth-order valence-corrected chi connectivity index (χ4v) is 11.0. The molecule has 74 heavy (non-hydrogen) atoms. The number of nitrogens with one attached hydrogen (secondary N) is 4. The van der Waals surface area contributed by atoms with Gasteiger partial charge in [-0.3, -0.25) is 9.59 Å². The second-order valence-corrected chi connectivity index (χ2v) is 35.9. The van der Waals surface area contributed by atoms with Gasteiger partial charge in [0.25, 0.3) is 0 Å². The quantitative estimate of drug-likeness (QED) is 0.0469. The molecule has 8 atom stereocenters. The second-order valence-electron chi connectivity index (χ2n) is 26.4. The summed E-state index contributed by atoms with van der Waals surface area (Å²) in [6.07, 6.45) is -3.17. The molecule has 16 heteroatoms. The van der Waals surface area contributed by atoms with Gasteiger partial charge in [0.1, 0.15) is 23.4 Å². The molecule has 0 bridgehead atoms. The number of hydrogen-bond acceptors (Lipinski definition) is 10. The van der Waals surface area contributed by atoms with Crippen LogP contribution in [0.1, 0.15) is 160 Å². The Morgan fingerprint density at radius 1 is 0.486 bits per heavy atom. The number of hydrogen-bond donors (Lipinski definition) is 6. The Balaban J connectivity index is 2.55. The molecule has 0 saturated carbocycles. The number of alkyl carbamates (subject to hydrolysis) is 2. The number of carbonyl (C=O) groups is 4. The average Bonchev–Trinajstić information content (AvgIpc) is 3.23. The smallest absolute Gasteiger partial charge is 0.407 e. The predicted molar refractivity (Wildman–Crippen MR) is 304 cm³/mol. The third kappa shape index (κ3) is 24.5. The van der Waals surface area contributed by atoms with E-state index in [-0.39, 0.29) is 72.3 Å².